The molecule has 0 spiro atoms. The van der Waals surface area contributed by atoms with E-state index in [1.165, 1.54) is 36.8 Å². The Labute approximate surface area is 270 Å². The molecule has 8 atom stereocenters. The number of benzene rings is 1. The van der Waals surface area contributed by atoms with Crippen LogP contribution in [0, 0.1) is 30.1 Å². The Morgan fingerprint density at radius 3 is 1.80 bits per heavy atom. The van der Waals surface area contributed by atoms with Crippen LogP contribution in [0.3, 0.4) is 0 Å². The van der Waals surface area contributed by atoms with Crippen molar-refractivity contribution in [1.82, 2.24) is 0 Å². The summed E-state index contributed by atoms with van der Waals surface area (Å²) in [7, 11) is -1.55. The van der Waals surface area contributed by atoms with Crippen molar-refractivity contribution in [2.75, 3.05) is 0 Å². The summed E-state index contributed by atoms with van der Waals surface area (Å²) in [5.41, 5.74) is 6.90. The van der Waals surface area contributed by atoms with Crippen LogP contribution in [0.5, 0.6) is 0 Å². The Morgan fingerprint density at radius 2 is 1.30 bits per heavy atom. The van der Waals surface area contributed by atoms with Crippen molar-refractivity contribution in [3.05, 3.63) is 63.3 Å². The van der Waals surface area contributed by atoms with E-state index in [0.29, 0.717) is 0 Å². The topological polar surface area (TPSA) is 0 Å². The normalized spacial score (nSPS) is 37.4. The summed E-state index contributed by atoms with van der Waals surface area (Å²) in [6.07, 6.45) is 13.9. The van der Waals surface area contributed by atoms with Gasteiger partial charge in [-0.1, -0.05) is 110 Å². The zero-order valence-corrected chi connectivity index (χ0v) is 32.3. The molecule has 0 nitrogen and oxygen atoms in total. The third kappa shape index (κ3) is 5.41. The molecule has 3 aliphatic carbocycles. The van der Waals surface area contributed by atoms with E-state index in [9.17, 15) is 0 Å². The van der Waals surface area contributed by atoms with Crippen molar-refractivity contribution < 1.29 is 21.1 Å². The molecule has 5 aliphatic rings. The summed E-state index contributed by atoms with van der Waals surface area (Å²) in [6, 6.07) is 7.76. The molecule has 220 valence electrons. The Balaban J connectivity index is 0.00000323. The predicted molar refractivity (Wildman–Crippen MR) is 179 cm³/mol. The average molecular weight is 762 g/mol. The maximum atomic E-state index is 2.90. The molecular weight excluding hydrogens is 708 g/mol. The first-order valence-electron chi connectivity index (χ1n) is 15.9. The molecular formula is C36H53S2SiW-. The van der Waals surface area contributed by atoms with E-state index in [4.69, 9.17) is 0 Å². The van der Waals surface area contributed by atoms with Crippen molar-refractivity contribution in [3.63, 3.8) is 0 Å². The van der Waals surface area contributed by atoms with Gasteiger partial charge in [0, 0.05) is 39.6 Å². The smallest absolute Gasteiger partial charge is 0.0273 e. The molecule has 8 unspecified atom stereocenters. The van der Waals surface area contributed by atoms with Gasteiger partial charge in [-0.15, -0.1) is 23.5 Å². The summed E-state index contributed by atoms with van der Waals surface area (Å²) in [5, 5.41) is 1.67. The van der Waals surface area contributed by atoms with Gasteiger partial charge in [-0.05, 0) is 80.9 Å². The summed E-state index contributed by atoms with van der Waals surface area (Å²) < 4.78 is 0. The van der Waals surface area contributed by atoms with E-state index in [-0.39, 0.29) is 31.9 Å². The van der Waals surface area contributed by atoms with E-state index in [0.717, 1.165) is 51.2 Å². The molecule has 0 bridgehead atoms. The molecule has 0 amide bonds. The fourth-order valence-corrected chi connectivity index (χ4v) is 19.8. The zero-order chi connectivity index (χ0) is 28.1. The Kier molecular flexibility index (Phi) is 8.75. The number of allylic oxidation sites excluding steroid dienone is 4. The molecule has 0 N–H and O–H groups in total. The maximum Gasteiger partial charge on any atom is 0.0273 e. The standard InChI is InChI=1S/C36H53S2Si.W/c1-21-16-29-30-17-22(2)38-33(30)34(32(29)37-21)39(9,10)31-15-14-27-26(12-11-13-28(27)31)23-18-24(35(3,4)5)20-25(19-23)36(6,7)8;/h15-20,26-34H,11-14H2,1-10H3;/q-1;. The largest absolute Gasteiger partial charge is 0.327 e. The minimum absolute atomic E-state index is 0. The van der Waals surface area contributed by atoms with Gasteiger partial charge in [-0.3, -0.25) is 0 Å². The molecule has 1 aromatic carbocycles. The van der Waals surface area contributed by atoms with Gasteiger partial charge in [0.15, 0.2) is 0 Å². The van der Waals surface area contributed by atoms with E-state index in [2.05, 4.69) is 129 Å². The van der Waals surface area contributed by atoms with Crippen LogP contribution in [0.15, 0.2) is 40.2 Å². The number of thioether (sulfide) groups is 2. The second-order valence-electron chi connectivity index (χ2n) is 16.4. The van der Waals surface area contributed by atoms with Gasteiger partial charge in [0.05, 0.1) is 0 Å². The first kappa shape index (κ1) is 31.7. The van der Waals surface area contributed by atoms with E-state index in [1.807, 2.05) is 0 Å². The van der Waals surface area contributed by atoms with Gasteiger partial charge in [0.1, 0.15) is 0 Å². The van der Waals surface area contributed by atoms with Crippen LogP contribution in [-0.2, 0) is 31.9 Å². The van der Waals surface area contributed by atoms with Crippen LogP contribution < -0.4 is 0 Å². The molecule has 1 aromatic rings. The van der Waals surface area contributed by atoms with Crippen molar-refractivity contribution in [2.45, 2.75) is 132 Å². The van der Waals surface area contributed by atoms with Crippen molar-refractivity contribution in [2.24, 2.45) is 23.7 Å². The van der Waals surface area contributed by atoms with Crippen molar-refractivity contribution in [3.8, 4) is 0 Å². The minimum Gasteiger partial charge on any atom is -0.327 e. The van der Waals surface area contributed by atoms with Gasteiger partial charge >= 0.3 is 0 Å². The fourth-order valence-electron chi connectivity index (χ4n) is 9.50. The average Bonchev–Trinajstić information content (AvgIpc) is 3.58. The van der Waals surface area contributed by atoms with E-state index < -0.39 is 8.07 Å². The van der Waals surface area contributed by atoms with Crippen LogP contribution in [-0.4, -0.2) is 18.6 Å². The first-order chi connectivity index (χ1) is 18.2. The summed E-state index contributed by atoms with van der Waals surface area (Å²) in [5.74, 6) is 4.05. The number of rotatable bonds is 3. The number of hydrogen-bond acceptors (Lipinski definition) is 2. The molecule has 40 heavy (non-hydrogen) atoms. The van der Waals surface area contributed by atoms with Crippen LogP contribution in [0.1, 0.15) is 104 Å². The van der Waals surface area contributed by atoms with Gasteiger partial charge in [0.2, 0.25) is 0 Å². The minimum atomic E-state index is -1.55. The summed E-state index contributed by atoms with van der Waals surface area (Å²) >= 11 is 4.52. The fraction of sp³-hybridized carbons (Fsp3) is 0.694. The molecule has 0 aromatic heterocycles. The van der Waals surface area contributed by atoms with Gasteiger partial charge in [-0.2, -0.15) is 12.0 Å². The molecule has 4 heteroatoms. The number of fused-ring (bicyclic) bond motifs is 4. The molecule has 6 rings (SSSR count). The first-order valence-corrected chi connectivity index (χ1v) is 20.8. The van der Waals surface area contributed by atoms with Gasteiger partial charge < -0.3 is 6.42 Å². The second-order valence-corrected chi connectivity index (χ2v) is 24.3. The molecule has 2 aliphatic heterocycles. The predicted octanol–water partition coefficient (Wildman–Crippen LogP) is 11.1. The van der Waals surface area contributed by atoms with Gasteiger partial charge in [-0.25, -0.2) is 0 Å². The van der Waals surface area contributed by atoms with Gasteiger partial charge in [0.25, 0.3) is 0 Å². The van der Waals surface area contributed by atoms with Crippen LogP contribution >= 0.6 is 23.5 Å². The molecule has 0 saturated heterocycles. The summed E-state index contributed by atoms with van der Waals surface area (Å²) in [6.45, 7) is 24.8. The molecule has 3 saturated carbocycles. The second kappa shape index (κ2) is 11.0. The Bertz CT molecular complexity index is 1120. The molecule has 0 radical (unpaired) electrons. The van der Waals surface area contributed by atoms with Crippen LogP contribution in [0.2, 0.25) is 24.2 Å². The number of hydrogen-bond donors (Lipinski definition) is 0. The SMILES string of the molecule is CC1=CC2C3C=C(C)SC3C([Si](C)(C)C3[CH-]CC4C(c5cc(C(C)(C)C)cc(C(C)(C)C)c5)CCCC43)C2S1.[W]. The van der Waals surface area contributed by atoms with Crippen molar-refractivity contribution >= 4 is 31.6 Å². The Hall–Kier alpha value is 0.305. The van der Waals surface area contributed by atoms with Crippen LogP contribution in [0.25, 0.3) is 0 Å². The quantitative estimate of drug-likeness (QED) is 0.222. The monoisotopic (exact) mass is 761 g/mol. The van der Waals surface area contributed by atoms with Crippen molar-refractivity contribution in [1.29, 1.82) is 0 Å². The molecule has 2 heterocycles. The Morgan fingerprint density at radius 1 is 0.775 bits per heavy atom. The van der Waals surface area contributed by atoms with Crippen LogP contribution in [0.4, 0.5) is 0 Å². The third-order valence-electron chi connectivity index (χ3n) is 11.5. The molecule has 3 fully saturated rings. The maximum absolute atomic E-state index is 2.90. The summed E-state index contributed by atoms with van der Waals surface area (Å²) in [4.78, 5) is 3.20. The van der Waals surface area contributed by atoms with E-state index >= 15 is 0 Å². The third-order valence-corrected chi connectivity index (χ3v) is 19.6. The van der Waals surface area contributed by atoms with E-state index in [1.54, 1.807) is 15.4 Å². The zero-order valence-electron chi connectivity index (χ0n) is 26.7.